The first-order chi connectivity index (χ1) is 6.70. The molecule has 2 atom stereocenters. The minimum atomic E-state index is 0.265. The number of hydrogen-bond acceptors (Lipinski definition) is 3. The molecule has 0 saturated carbocycles. The molecule has 0 aliphatic carbocycles. The van der Waals surface area contributed by atoms with Gasteiger partial charge in [-0.1, -0.05) is 0 Å². The Bertz CT molecular complexity index is 314. The first-order valence-corrected chi connectivity index (χ1v) is 5.06. The molecule has 1 aromatic heterocycles. The Hall–Kier alpha value is -0.930. The molecule has 1 aliphatic heterocycles. The molecule has 1 aromatic rings. The summed E-state index contributed by atoms with van der Waals surface area (Å²) in [5.41, 5.74) is 8.67. The molecule has 1 aliphatic rings. The number of likely N-dealkylation sites (tertiary alicyclic amines) is 1. The Morgan fingerprint density at radius 3 is 2.93 bits per heavy atom. The van der Waals surface area contributed by atoms with Gasteiger partial charge in [0.05, 0.1) is 6.04 Å². The predicted octanol–water partition coefficient (Wildman–Crippen LogP) is 1.09. The number of rotatable bonds is 1. The van der Waals surface area contributed by atoms with Gasteiger partial charge in [-0.25, -0.2) is 0 Å². The highest BCUT2D eigenvalue weighted by atomic mass is 15.2. The van der Waals surface area contributed by atoms with Gasteiger partial charge in [-0.2, -0.15) is 0 Å². The molecular weight excluding hydrogens is 174 g/mol. The fraction of sp³-hybridized carbons (Fsp3) is 0.545. The van der Waals surface area contributed by atoms with E-state index >= 15 is 0 Å². The number of hydrogen-bond donors (Lipinski definition) is 1. The monoisotopic (exact) mass is 191 g/mol. The summed E-state index contributed by atoms with van der Waals surface area (Å²) in [6.45, 7) is 3.19. The second-order valence-electron chi connectivity index (χ2n) is 4.11. The fourth-order valence-corrected chi connectivity index (χ4v) is 2.26. The lowest BCUT2D eigenvalue weighted by molar-refractivity contribution is 0.303. The van der Waals surface area contributed by atoms with Crippen LogP contribution in [0.3, 0.4) is 0 Å². The number of aromatic nitrogens is 1. The zero-order valence-corrected chi connectivity index (χ0v) is 8.77. The maximum Gasteiger partial charge on any atom is 0.0500 e. The standard InChI is InChI=1S/C11H17N3/c1-8-7-13-5-3-9(8)11-10(12)4-6-14(11)2/h3,5,7,10-11H,4,6,12H2,1-2H3. The van der Waals surface area contributed by atoms with Crippen molar-refractivity contribution < 1.29 is 0 Å². The van der Waals surface area contributed by atoms with Gasteiger partial charge in [0.2, 0.25) is 0 Å². The van der Waals surface area contributed by atoms with Gasteiger partial charge in [0.15, 0.2) is 0 Å². The summed E-state index contributed by atoms with van der Waals surface area (Å²) < 4.78 is 0. The Labute approximate surface area is 84.9 Å². The van der Waals surface area contributed by atoms with E-state index in [0.717, 1.165) is 13.0 Å². The van der Waals surface area contributed by atoms with Crippen molar-refractivity contribution >= 4 is 0 Å². The van der Waals surface area contributed by atoms with Crippen molar-refractivity contribution in [2.45, 2.75) is 25.4 Å². The van der Waals surface area contributed by atoms with Crippen LogP contribution in [0.4, 0.5) is 0 Å². The van der Waals surface area contributed by atoms with Gasteiger partial charge in [-0.3, -0.25) is 9.88 Å². The third kappa shape index (κ3) is 1.53. The molecular formula is C11H17N3. The maximum absolute atomic E-state index is 6.11. The SMILES string of the molecule is Cc1cnccc1C1C(N)CCN1C. The van der Waals surface area contributed by atoms with E-state index in [9.17, 15) is 0 Å². The van der Waals surface area contributed by atoms with Crippen LogP contribution in [0, 0.1) is 6.92 Å². The molecule has 2 unspecified atom stereocenters. The fourth-order valence-electron chi connectivity index (χ4n) is 2.26. The molecule has 0 amide bonds. The highest BCUT2D eigenvalue weighted by Crippen LogP contribution is 2.30. The van der Waals surface area contributed by atoms with Crippen molar-refractivity contribution in [2.24, 2.45) is 5.73 Å². The van der Waals surface area contributed by atoms with Crippen LogP contribution in [-0.4, -0.2) is 29.5 Å². The van der Waals surface area contributed by atoms with Gasteiger partial charge in [0.1, 0.15) is 0 Å². The van der Waals surface area contributed by atoms with E-state index in [0.29, 0.717) is 6.04 Å². The van der Waals surface area contributed by atoms with Crippen LogP contribution in [0.2, 0.25) is 0 Å². The predicted molar refractivity (Wildman–Crippen MR) is 56.9 cm³/mol. The lowest BCUT2D eigenvalue weighted by Crippen LogP contribution is -2.30. The van der Waals surface area contributed by atoms with Crippen LogP contribution in [-0.2, 0) is 0 Å². The van der Waals surface area contributed by atoms with E-state index in [-0.39, 0.29) is 6.04 Å². The summed E-state index contributed by atoms with van der Waals surface area (Å²) in [5.74, 6) is 0. The molecule has 2 rings (SSSR count). The summed E-state index contributed by atoms with van der Waals surface area (Å²) in [6.07, 6.45) is 4.85. The van der Waals surface area contributed by atoms with Crippen LogP contribution in [0.15, 0.2) is 18.5 Å². The van der Waals surface area contributed by atoms with Crippen molar-refractivity contribution in [3.63, 3.8) is 0 Å². The first-order valence-electron chi connectivity index (χ1n) is 5.06. The maximum atomic E-state index is 6.11. The van der Waals surface area contributed by atoms with Crippen LogP contribution in [0.5, 0.6) is 0 Å². The van der Waals surface area contributed by atoms with Gasteiger partial charge < -0.3 is 5.73 Å². The third-order valence-electron chi connectivity index (χ3n) is 3.08. The minimum absolute atomic E-state index is 0.265. The Kier molecular flexibility index (Phi) is 2.52. The molecule has 0 spiro atoms. The van der Waals surface area contributed by atoms with Gasteiger partial charge in [0.25, 0.3) is 0 Å². The minimum Gasteiger partial charge on any atom is -0.326 e. The van der Waals surface area contributed by atoms with Crippen LogP contribution < -0.4 is 5.73 Å². The summed E-state index contributed by atoms with van der Waals surface area (Å²) >= 11 is 0. The van der Waals surface area contributed by atoms with Crippen LogP contribution >= 0.6 is 0 Å². The lowest BCUT2D eigenvalue weighted by atomic mass is 9.98. The molecule has 0 bridgehead atoms. The summed E-state index contributed by atoms with van der Waals surface area (Å²) in [6, 6.07) is 2.72. The summed E-state index contributed by atoms with van der Waals surface area (Å²) in [5, 5.41) is 0. The van der Waals surface area contributed by atoms with Gasteiger partial charge in [-0.15, -0.1) is 0 Å². The Balaban J connectivity index is 2.34. The van der Waals surface area contributed by atoms with Crippen molar-refractivity contribution in [3.05, 3.63) is 29.6 Å². The molecule has 76 valence electrons. The van der Waals surface area contributed by atoms with Gasteiger partial charge in [0, 0.05) is 25.0 Å². The highest BCUT2D eigenvalue weighted by molar-refractivity contribution is 5.27. The van der Waals surface area contributed by atoms with Crippen molar-refractivity contribution in [3.8, 4) is 0 Å². The second kappa shape index (κ2) is 3.67. The average molecular weight is 191 g/mol. The van der Waals surface area contributed by atoms with Gasteiger partial charge >= 0.3 is 0 Å². The molecule has 1 fully saturated rings. The topological polar surface area (TPSA) is 42.1 Å². The van der Waals surface area contributed by atoms with E-state index in [4.69, 9.17) is 5.73 Å². The van der Waals surface area contributed by atoms with E-state index in [2.05, 4.69) is 29.9 Å². The molecule has 2 N–H and O–H groups in total. The van der Waals surface area contributed by atoms with E-state index < -0.39 is 0 Å². The van der Waals surface area contributed by atoms with E-state index in [1.807, 2.05) is 12.4 Å². The largest absolute Gasteiger partial charge is 0.326 e. The number of nitrogens with two attached hydrogens (primary N) is 1. The molecule has 3 heteroatoms. The molecule has 2 heterocycles. The third-order valence-corrected chi connectivity index (χ3v) is 3.08. The summed E-state index contributed by atoms with van der Waals surface area (Å²) in [4.78, 5) is 6.43. The normalized spacial score (nSPS) is 28.2. The van der Waals surface area contributed by atoms with Crippen LogP contribution in [0.25, 0.3) is 0 Å². The number of pyridine rings is 1. The van der Waals surface area contributed by atoms with E-state index in [1.165, 1.54) is 11.1 Å². The Morgan fingerprint density at radius 1 is 1.57 bits per heavy atom. The highest BCUT2D eigenvalue weighted by Gasteiger charge is 2.30. The number of nitrogens with zero attached hydrogens (tertiary/aromatic N) is 2. The van der Waals surface area contributed by atoms with E-state index in [1.54, 1.807) is 0 Å². The average Bonchev–Trinajstić information content (AvgIpc) is 2.48. The number of aryl methyl sites for hydroxylation is 1. The first kappa shape index (κ1) is 9.62. The van der Waals surface area contributed by atoms with Crippen LogP contribution in [0.1, 0.15) is 23.6 Å². The molecule has 1 saturated heterocycles. The smallest absolute Gasteiger partial charge is 0.0500 e. The molecule has 0 radical (unpaired) electrons. The molecule has 0 aromatic carbocycles. The summed E-state index contributed by atoms with van der Waals surface area (Å²) in [7, 11) is 2.14. The zero-order valence-electron chi connectivity index (χ0n) is 8.77. The molecule has 3 nitrogen and oxygen atoms in total. The second-order valence-corrected chi connectivity index (χ2v) is 4.11. The van der Waals surface area contributed by atoms with Gasteiger partial charge in [-0.05, 0) is 37.6 Å². The van der Waals surface area contributed by atoms with Crippen molar-refractivity contribution in [1.29, 1.82) is 0 Å². The van der Waals surface area contributed by atoms with Crippen molar-refractivity contribution in [1.82, 2.24) is 9.88 Å². The van der Waals surface area contributed by atoms with Crippen molar-refractivity contribution in [2.75, 3.05) is 13.6 Å². The zero-order chi connectivity index (χ0) is 10.1. The Morgan fingerprint density at radius 2 is 2.36 bits per heavy atom. The quantitative estimate of drug-likeness (QED) is 0.722. The molecule has 14 heavy (non-hydrogen) atoms. The lowest BCUT2D eigenvalue weighted by Gasteiger charge is -2.24. The number of likely N-dealkylation sites (N-methyl/N-ethyl adjacent to an activating group) is 1.